The molecule has 0 aliphatic heterocycles. The van der Waals surface area contributed by atoms with Gasteiger partial charge >= 0.3 is 0 Å². The van der Waals surface area contributed by atoms with Crippen LogP contribution in [-0.4, -0.2) is 9.97 Å². The van der Waals surface area contributed by atoms with Crippen LogP contribution in [0.15, 0.2) is 53.6 Å². The van der Waals surface area contributed by atoms with Gasteiger partial charge in [-0.2, -0.15) is 0 Å². The second-order valence-electron chi connectivity index (χ2n) is 4.68. The van der Waals surface area contributed by atoms with Crippen molar-refractivity contribution in [2.45, 2.75) is 17.7 Å². The van der Waals surface area contributed by atoms with Gasteiger partial charge in [0, 0.05) is 5.75 Å². The molecule has 100 valence electrons. The van der Waals surface area contributed by atoms with Crippen molar-refractivity contribution in [1.29, 1.82) is 0 Å². The molecular weight excluding hydrogens is 266 g/mol. The average Bonchev–Trinajstić information content (AvgIpc) is 2.45. The molecule has 3 rings (SSSR count). The predicted octanol–water partition coefficient (Wildman–Crippen LogP) is 3.81. The molecule has 0 aliphatic carbocycles. The fourth-order valence-electron chi connectivity index (χ4n) is 2.06. The van der Waals surface area contributed by atoms with Crippen molar-refractivity contribution in [1.82, 2.24) is 9.97 Å². The summed E-state index contributed by atoms with van der Waals surface area (Å²) in [6.45, 7) is 2.10. The van der Waals surface area contributed by atoms with Gasteiger partial charge in [-0.3, -0.25) is 0 Å². The number of para-hydroxylation sites is 2. The van der Waals surface area contributed by atoms with E-state index < -0.39 is 0 Å². The van der Waals surface area contributed by atoms with Crippen LogP contribution >= 0.6 is 11.8 Å². The molecule has 0 unspecified atom stereocenters. The van der Waals surface area contributed by atoms with E-state index in [1.54, 1.807) is 11.8 Å². The number of rotatable bonds is 3. The first-order chi connectivity index (χ1) is 9.72. The van der Waals surface area contributed by atoms with Crippen LogP contribution in [0.1, 0.15) is 11.1 Å². The lowest BCUT2D eigenvalue weighted by atomic mass is 10.2. The van der Waals surface area contributed by atoms with E-state index in [0.717, 1.165) is 21.8 Å². The third kappa shape index (κ3) is 2.75. The number of nitrogens with zero attached hydrogens (tertiary/aromatic N) is 2. The van der Waals surface area contributed by atoms with Gasteiger partial charge in [0.2, 0.25) is 0 Å². The van der Waals surface area contributed by atoms with E-state index in [2.05, 4.69) is 41.2 Å². The van der Waals surface area contributed by atoms with Crippen molar-refractivity contribution in [2.75, 3.05) is 5.73 Å². The Balaban J connectivity index is 1.85. The molecule has 20 heavy (non-hydrogen) atoms. The van der Waals surface area contributed by atoms with E-state index in [4.69, 9.17) is 5.73 Å². The SMILES string of the molecule is Cc1cccc(CSc2nc3ccccc3nc2N)c1. The molecule has 2 N–H and O–H groups in total. The van der Waals surface area contributed by atoms with E-state index in [1.165, 1.54) is 11.1 Å². The molecule has 1 aromatic heterocycles. The summed E-state index contributed by atoms with van der Waals surface area (Å²) in [6.07, 6.45) is 0. The molecule has 0 saturated carbocycles. The van der Waals surface area contributed by atoms with Crippen molar-refractivity contribution < 1.29 is 0 Å². The molecule has 0 saturated heterocycles. The molecule has 0 amide bonds. The van der Waals surface area contributed by atoms with E-state index in [9.17, 15) is 0 Å². The molecule has 0 spiro atoms. The number of hydrogen-bond acceptors (Lipinski definition) is 4. The molecule has 3 aromatic rings. The summed E-state index contributed by atoms with van der Waals surface area (Å²) in [6, 6.07) is 16.2. The highest BCUT2D eigenvalue weighted by atomic mass is 32.2. The smallest absolute Gasteiger partial charge is 0.156 e. The number of aryl methyl sites for hydroxylation is 1. The Morgan fingerprint density at radius 2 is 1.75 bits per heavy atom. The Morgan fingerprint density at radius 3 is 2.50 bits per heavy atom. The van der Waals surface area contributed by atoms with Gasteiger partial charge in [-0.15, -0.1) is 0 Å². The van der Waals surface area contributed by atoms with Crippen molar-refractivity contribution in [3.05, 3.63) is 59.7 Å². The summed E-state index contributed by atoms with van der Waals surface area (Å²) >= 11 is 1.63. The summed E-state index contributed by atoms with van der Waals surface area (Å²) in [5.74, 6) is 1.35. The summed E-state index contributed by atoms with van der Waals surface area (Å²) in [7, 11) is 0. The van der Waals surface area contributed by atoms with Crippen LogP contribution in [0.25, 0.3) is 11.0 Å². The highest BCUT2D eigenvalue weighted by molar-refractivity contribution is 7.98. The molecule has 0 aliphatic rings. The van der Waals surface area contributed by atoms with Crippen LogP contribution in [0.2, 0.25) is 0 Å². The van der Waals surface area contributed by atoms with E-state index in [-0.39, 0.29) is 0 Å². The maximum atomic E-state index is 5.99. The maximum Gasteiger partial charge on any atom is 0.156 e. The molecule has 0 fully saturated rings. The first-order valence-corrected chi connectivity index (χ1v) is 7.41. The number of fused-ring (bicyclic) bond motifs is 1. The number of thioether (sulfide) groups is 1. The largest absolute Gasteiger partial charge is 0.381 e. The summed E-state index contributed by atoms with van der Waals surface area (Å²) < 4.78 is 0. The average molecular weight is 281 g/mol. The standard InChI is InChI=1S/C16H15N3S/c1-11-5-4-6-12(9-11)10-20-16-15(17)18-13-7-2-3-8-14(13)19-16/h2-9H,10H2,1H3,(H2,17,18). The summed E-state index contributed by atoms with van der Waals surface area (Å²) in [5, 5.41) is 0.796. The minimum atomic E-state index is 0.501. The van der Waals surface area contributed by atoms with Gasteiger partial charge in [-0.25, -0.2) is 9.97 Å². The highest BCUT2D eigenvalue weighted by Gasteiger charge is 2.06. The second-order valence-corrected chi connectivity index (χ2v) is 5.64. The fraction of sp³-hybridized carbons (Fsp3) is 0.125. The van der Waals surface area contributed by atoms with Gasteiger partial charge in [0.25, 0.3) is 0 Å². The number of nitrogens with two attached hydrogens (primary N) is 1. The zero-order valence-electron chi connectivity index (χ0n) is 11.2. The van der Waals surface area contributed by atoms with Crippen LogP contribution < -0.4 is 5.73 Å². The first-order valence-electron chi connectivity index (χ1n) is 6.43. The van der Waals surface area contributed by atoms with Crippen LogP contribution in [-0.2, 0) is 5.75 Å². The van der Waals surface area contributed by atoms with E-state index in [0.29, 0.717) is 5.82 Å². The highest BCUT2D eigenvalue weighted by Crippen LogP contribution is 2.27. The summed E-state index contributed by atoms with van der Waals surface area (Å²) in [5.41, 5.74) is 10.2. The monoisotopic (exact) mass is 281 g/mol. The number of nitrogen functional groups attached to an aromatic ring is 1. The molecule has 4 heteroatoms. The normalized spacial score (nSPS) is 10.8. The molecule has 0 atom stereocenters. The van der Waals surface area contributed by atoms with Crippen LogP contribution in [0, 0.1) is 6.92 Å². The zero-order chi connectivity index (χ0) is 13.9. The number of benzene rings is 2. The van der Waals surface area contributed by atoms with Crippen molar-refractivity contribution in [2.24, 2.45) is 0 Å². The lowest BCUT2D eigenvalue weighted by molar-refractivity contribution is 1.13. The number of anilines is 1. The second kappa shape index (κ2) is 5.51. The molecule has 3 nitrogen and oxygen atoms in total. The zero-order valence-corrected chi connectivity index (χ0v) is 12.0. The topological polar surface area (TPSA) is 51.8 Å². The third-order valence-corrected chi connectivity index (χ3v) is 4.07. The van der Waals surface area contributed by atoms with E-state index in [1.807, 2.05) is 24.3 Å². The lowest BCUT2D eigenvalue weighted by Crippen LogP contribution is -1.97. The van der Waals surface area contributed by atoms with Gasteiger partial charge < -0.3 is 5.73 Å². The Kier molecular flexibility index (Phi) is 3.56. The van der Waals surface area contributed by atoms with Crippen LogP contribution in [0.4, 0.5) is 5.82 Å². The predicted molar refractivity (Wildman–Crippen MR) is 84.7 cm³/mol. The lowest BCUT2D eigenvalue weighted by Gasteiger charge is -2.06. The van der Waals surface area contributed by atoms with Gasteiger partial charge in [-0.05, 0) is 24.6 Å². The molecule has 1 heterocycles. The molecule has 0 bridgehead atoms. The summed E-state index contributed by atoms with van der Waals surface area (Å²) in [4.78, 5) is 8.99. The van der Waals surface area contributed by atoms with Crippen molar-refractivity contribution in [3.63, 3.8) is 0 Å². The van der Waals surface area contributed by atoms with Crippen LogP contribution in [0.3, 0.4) is 0 Å². The minimum absolute atomic E-state index is 0.501. The first kappa shape index (κ1) is 12.9. The van der Waals surface area contributed by atoms with E-state index >= 15 is 0 Å². The van der Waals surface area contributed by atoms with Gasteiger partial charge in [0.05, 0.1) is 11.0 Å². The number of aromatic nitrogens is 2. The van der Waals surface area contributed by atoms with Crippen molar-refractivity contribution in [3.8, 4) is 0 Å². The Morgan fingerprint density at radius 1 is 1.00 bits per heavy atom. The minimum Gasteiger partial charge on any atom is -0.381 e. The molecule has 2 aromatic carbocycles. The van der Waals surface area contributed by atoms with Gasteiger partial charge in [0.15, 0.2) is 5.82 Å². The number of hydrogen-bond donors (Lipinski definition) is 1. The van der Waals surface area contributed by atoms with Gasteiger partial charge in [-0.1, -0.05) is 53.7 Å². The Bertz CT molecular complexity index is 756. The van der Waals surface area contributed by atoms with Crippen molar-refractivity contribution >= 4 is 28.6 Å². The Labute approximate surface area is 122 Å². The van der Waals surface area contributed by atoms with Crippen LogP contribution in [0.5, 0.6) is 0 Å². The fourth-order valence-corrected chi connectivity index (χ4v) is 2.90. The quantitative estimate of drug-likeness (QED) is 0.742. The Hall–Kier alpha value is -2.07. The van der Waals surface area contributed by atoms with Gasteiger partial charge in [0.1, 0.15) is 5.03 Å². The molecular formula is C16H15N3S. The third-order valence-electron chi connectivity index (χ3n) is 3.02. The molecule has 0 radical (unpaired) electrons. The maximum absolute atomic E-state index is 5.99.